The lowest BCUT2D eigenvalue weighted by molar-refractivity contribution is -0.384. The lowest BCUT2D eigenvalue weighted by atomic mass is 9.96. The summed E-state index contributed by atoms with van der Waals surface area (Å²) < 4.78 is 5.72. The summed E-state index contributed by atoms with van der Waals surface area (Å²) >= 11 is 0. The van der Waals surface area contributed by atoms with E-state index in [1.165, 1.54) is 6.07 Å². The van der Waals surface area contributed by atoms with Crippen LogP contribution in [0.4, 0.5) is 11.5 Å². The third kappa shape index (κ3) is 4.44. The van der Waals surface area contributed by atoms with Crippen molar-refractivity contribution in [1.82, 2.24) is 4.98 Å². The van der Waals surface area contributed by atoms with Gasteiger partial charge in [0.25, 0.3) is 0 Å². The van der Waals surface area contributed by atoms with E-state index in [1.54, 1.807) is 12.3 Å². The molecule has 1 aromatic carbocycles. The number of anilines is 1. The zero-order valence-electron chi connectivity index (χ0n) is 14.2. The van der Waals surface area contributed by atoms with E-state index in [-0.39, 0.29) is 17.5 Å². The standard InChI is InChI=1S/C18H23N3O3/c1-4-24-17-10-6-5-8-14(17)15(12-13(2)3)20-18-16(21(22)23)9-7-11-19-18/h5-11,13,15H,4,12H2,1-3H3,(H,19,20)/t15-/m0/s1. The van der Waals surface area contributed by atoms with Gasteiger partial charge in [-0.3, -0.25) is 10.1 Å². The molecule has 128 valence electrons. The van der Waals surface area contributed by atoms with Crippen molar-refractivity contribution in [3.8, 4) is 5.75 Å². The fraction of sp³-hybridized carbons (Fsp3) is 0.389. The van der Waals surface area contributed by atoms with E-state index in [0.29, 0.717) is 12.5 Å². The molecular formula is C18H23N3O3. The van der Waals surface area contributed by atoms with Gasteiger partial charge < -0.3 is 10.1 Å². The van der Waals surface area contributed by atoms with Crippen molar-refractivity contribution >= 4 is 11.5 Å². The highest BCUT2D eigenvalue weighted by Gasteiger charge is 2.22. The molecule has 2 rings (SSSR count). The van der Waals surface area contributed by atoms with E-state index < -0.39 is 4.92 Å². The smallest absolute Gasteiger partial charge is 0.311 e. The number of ether oxygens (including phenoxy) is 1. The number of hydrogen-bond donors (Lipinski definition) is 1. The van der Waals surface area contributed by atoms with Crippen LogP contribution in [0, 0.1) is 16.0 Å². The Hall–Kier alpha value is -2.63. The summed E-state index contributed by atoms with van der Waals surface area (Å²) in [6, 6.07) is 10.7. The zero-order chi connectivity index (χ0) is 17.5. The molecule has 6 nitrogen and oxygen atoms in total. The van der Waals surface area contributed by atoms with E-state index in [2.05, 4.69) is 24.1 Å². The maximum absolute atomic E-state index is 11.2. The van der Waals surface area contributed by atoms with Crippen molar-refractivity contribution in [3.05, 3.63) is 58.3 Å². The predicted molar refractivity (Wildman–Crippen MR) is 94.3 cm³/mol. The number of benzene rings is 1. The minimum absolute atomic E-state index is 0.0276. The third-order valence-corrected chi connectivity index (χ3v) is 3.60. The van der Waals surface area contributed by atoms with Crippen LogP contribution < -0.4 is 10.1 Å². The highest BCUT2D eigenvalue weighted by atomic mass is 16.6. The molecule has 1 aromatic heterocycles. The summed E-state index contributed by atoms with van der Waals surface area (Å²) in [5.74, 6) is 1.47. The molecule has 0 aliphatic rings. The fourth-order valence-corrected chi connectivity index (χ4v) is 2.61. The number of aromatic nitrogens is 1. The number of nitrogens with one attached hydrogen (secondary N) is 1. The Kier molecular flexibility index (Phi) is 6.12. The van der Waals surface area contributed by atoms with Gasteiger partial charge in [0, 0.05) is 17.8 Å². The minimum Gasteiger partial charge on any atom is -0.494 e. The van der Waals surface area contributed by atoms with Crippen LogP contribution >= 0.6 is 0 Å². The number of rotatable bonds is 8. The van der Waals surface area contributed by atoms with Gasteiger partial charge in [-0.05, 0) is 31.4 Å². The second kappa shape index (κ2) is 8.29. The number of nitro groups is 1. The second-order valence-electron chi connectivity index (χ2n) is 5.93. The Morgan fingerprint density at radius 2 is 2.00 bits per heavy atom. The Labute approximate surface area is 142 Å². The number of nitrogens with zero attached hydrogens (tertiary/aromatic N) is 2. The molecule has 2 aromatic rings. The topological polar surface area (TPSA) is 77.3 Å². The molecule has 0 saturated heterocycles. The molecule has 0 fully saturated rings. The monoisotopic (exact) mass is 329 g/mol. The van der Waals surface area contributed by atoms with Gasteiger partial charge in [-0.25, -0.2) is 4.98 Å². The first-order chi connectivity index (χ1) is 11.5. The molecule has 0 bridgehead atoms. The quantitative estimate of drug-likeness (QED) is 0.566. The van der Waals surface area contributed by atoms with Gasteiger partial charge in [-0.15, -0.1) is 0 Å². The first kappa shape index (κ1) is 17.7. The van der Waals surface area contributed by atoms with Gasteiger partial charge in [0.05, 0.1) is 17.6 Å². The summed E-state index contributed by atoms with van der Waals surface area (Å²) in [4.78, 5) is 15.0. The normalized spacial score (nSPS) is 12.0. The molecule has 1 atom stereocenters. The zero-order valence-corrected chi connectivity index (χ0v) is 14.2. The highest BCUT2D eigenvalue weighted by Crippen LogP contribution is 2.34. The summed E-state index contributed by atoms with van der Waals surface area (Å²) in [7, 11) is 0. The maximum Gasteiger partial charge on any atom is 0.311 e. The molecule has 0 radical (unpaired) electrons. The van der Waals surface area contributed by atoms with Crippen LogP contribution in [0.15, 0.2) is 42.6 Å². The van der Waals surface area contributed by atoms with Gasteiger partial charge in [0.2, 0.25) is 5.82 Å². The molecule has 0 aliphatic heterocycles. The molecule has 0 aliphatic carbocycles. The maximum atomic E-state index is 11.2. The van der Waals surface area contributed by atoms with E-state index in [0.717, 1.165) is 17.7 Å². The fourth-order valence-electron chi connectivity index (χ4n) is 2.61. The van der Waals surface area contributed by atoms with Crippen LogP contribution in [0.25, 0.3) is 0 Å². The van der Waals surface area contributed by atoms with E-state index >= 15 is 0 Å². The largest absolute Gasteiger partial charge is 0.494 e. The van der Waals surface area contributed by atoms with E-state index in [4.69, 9.17) is 4.74 Å². The molecule has 6 heteroatoms. The minimum atomic E-state index is -0.420. The van der Waals surface area contributed by atoms with Crippen molar-refractivity contribution in [2.24, 2.45) is 5.92 Å². The molecular weight excluding hydrogens is 306 g/mol. The average Bonchev–Trinajstić information content (AvgIpc) is 2.55. The van der Waals surface area contributed by atoms with E-state index in [9.17, 15) is 10.1 Å². The van der Waals surface area contributed by atoms with Crippen molar-refractivity contribution in [3.63, 3.8) is 0 Å². The van der Waals surface area contributed by atoms with Crippen LogP contribution in [0.1, 0.15) is 38.8 Å². The van der Waals surface area contributed by atoms with Crippen molar-refractivity contribution in [2.75, 3.05) is 11.9 Å². The Bertz CT molecular complexity index is 689. The SMILES string of the molecule is CCOc1ccccc1[C@H](CC(C)C)Nc1ncccc1[N+](=O)[O-]. The third-order valence-electron chi connectivity index (χ3n) is 3.60. The van der Waals surface area contributed by atoms with Crippen LogP contribution in [-0.2, 0) is 0 Å². The van der Waals surface area contributed by atoms with Gasteiger partial charge >= 0.3 is 5.69 Å². The first-order valence-electron chi connectivity index (χ1n) is 8.10. The van der Waals surface area contributed by atoms with Crippen LogP contribution in [-0.4, -0.2) is 16.5 Å². The molecule has 24 heavy (non-hydrogen) atoms. The Balaban J connectivity index is 2.39. The summed E-state index contributed by atoms with van der Waals surface area (Å²) in [6.45, 7) is 6.73. The second-order valence-corrected chi connectivity index (χ2v) is 5.93. The molecule has 0 amide bonds. The van der Waals surface area contributed by atoms with Gasteiger partial charge in [-0.2, -0.15) is 0 Å². The number of hydrogen-bond acceptors (Lipinski definition) is 5. The van der Waals surface area contributed by atoms with Crippen molar-refractivity contribution in [1.29, 1.82) is 0 Å². The molecule has 1 heterocycles. The summed E-state index contributed by atoms with van der Waals surface area (Å²) in [6.07, 6.45) is 2.36. The highest BCUT2D eigenvalue weighted by molar-refractivity contribution is 5.57. The van der Waals surface area contributed by atoms with Crippen LogP contribution in [0.5, 0.6) is 5.75 Å². The summed E-state index contributed by atoms with van der Waals surface area (Å²) in [5.41, 5.74) is 0.952. The van der Waals surface area contributed by atoms with E-state index in [1.807, 2.05) is 31.2 Å². The predicted octanol–water partition coefficient (Wildman–Crippen LogP) is 4.59. The molecule has 1 N–H and O–H groups in total. The van der Waals surface area contributed by atoms with Crippen molar-refractivity contribution in [2.45, 2.75) is 33.2 Å². The van der Waals surface area contributed by atoms with Gasteiger partial charge in [-0.1, -0.05) is 32.0 Å². The Morgan fingerprint density at radius 1 is 1.25 bits per heavy atom. The lowest BCUT2D eigenvalue weighted by Gasteiger charge is -2.23. The average molecular weight is 329 g/mol. The first-order valence-corrected chi connectivity index (χ1v) is 8.10. The lowest BCUT2D eigenvalue weighted by Crippen LogP contribution is -2.16. The van der Waals surface area contributed by atoms with Gasteiger partial charge in [0.15, 0.2) is 0 Å². The molecule has 0 unspecified atom stereocenters. The van der Waals surface area contributed by atoms with Crippen LogP contribution in [0.2, 0.25) is 0 Å². The molecule has 0 spiro atoms. The molecule has 0 saturated carbocycles. The number of pyridine rings is 1. The Morgan fingerprint density at radius 3 is 2.67 bits per heavy atom. The number of para-hydroxylation sites is 1. The van der Waals surface area contributed by atoms with Gasteiger partial charge in [0.1, 0.15) is 5.75 Å². The van der Waals surface area contributed by atoms with Crippen molar-refractivity contribution < 1.29 is 9.66 Å². The van der Waals surface area contributed by atoms with Crippen LogP contribution in [0.3, 0.4) is 0 Å². The summed E-state index contributed by atoms with van der Waals surface area (Å²) in [5, 5.41) is 14.5.